The quantitative estimate of drug-likeness (QED) is 0.675. The van der Waals surface area contributed by atoms with Gasteiger partial charge in [0.2, 0.25) is 11.8 Å². The minimum absolute atomic E-state index is 0.0325. The monoisotopic (exact) mass is 346 g/mol. The molecule has 0 radical (unpaired) electrons. The lowest BCUT2D eigenvalue weighted by Crippen LogP contribution is -2.27. The van der Waals surface area contributed by atoms with Gasteiger partial charge in [0.1, 0.15) is 5.75 Å². The number of rotatable bonds is 9. The average molecular weight is 347 g/mol. The third-order valence-corrected chi connectivity index (χ3v) is 3.28. The number of nitrogens with one attached hydrogen (secondary N) is 2. The largest absolute Gasteiger partial charge is 0.492 e. The molecule has 0 fully saturated rings. The van der Waals surface area contributed by atoms with Crippen molar-refractivity contribution in [3.05, 3.63) is 28.2 Å². The summed E-state index contributed by atoms with van der Waals surface area (Å²) in [6.07, 6.45) is 1.70. The van der Waals surface area contributed by atoms with E-state index in [1.165, 1.54) is 6.92 Å². The predicted molar refractivity (Wildman–Crippen MR) is 87.5 cm³/mol. The van der Waals surface area contributed by atoms with Gasteiger partial charge in [-0.05, 0) is 31.0 Å². The van der Waals surface area contributed by atoms with Gasteiger partial charge in [0.25, 0.3) is 0 Å². The smallest absolute Gasteiger partial charge is 0.220 e. The highest BCUT2D eigenvalue weighted by molar-refractivity contribution is 6.35. The van der Waals surface area contributed by atoms with Gasteiger partial charge in [-0.25, -0.2) is 0 Å². The van der Waals surface area contributed by atoms with Crippen LogP contribution >= 0.6 is 23.2 Å². The SMILES string of the molecule is CC(=O)NCCCC(=O)NCCCOc1ccc(Cl)cc1Cl. The minimum Gasteiger partial charge on any atom is -0.492 e. The number of ether oxygens (including phenoxy) is 1. The Bertz CT molecular complexity index is 510. The van der Waals surface area contributed by atoms with Crippen molar-refractivity contribution in [2.45, 2.75) is 26.2 Å². The maximum Gasteiger partial charge on any atom is 0.220 e. The van der Waals surface area contributed by atoms with Crippen LogP contribution in [0.1, 0.15) is 26.2 Å². The Hall–Kier alpha value is -1.46. The van der Waals surface area contributed by atoms with Crippen molar-refractivity contribution in [2.75, 3.05) is 19.7 Å². The van der Waals surface area contributed by atoms with Crippen LogP contribution in [0.3, 0.4) is 0 Å². The van der Waals surface area contributed by atoms with Gasteiger partial charge in [-0.1, -0.05) is 23.2 Å². The fourth-order valence-corrected chi connectivity index (χ4v) is 2.14. The molecule has 0 aromatic heterocycles. The summed E-state index contributed by atoms with van der Waals surface area (Å²) in [5.74, 6) is 0.459. The summed E-state index contributed by atoms with van der Waals surface area (Å²) in [6.45, 7) is 2.95. The molecule has 2 amide bonds. The Labute approximate surface area is 140 Å². The Kier molecular flexibility index (Phi) is 8.70. The lowest BCUT2D eigenvalue weighted by Gasteiger charge is -2.09. The summed E-state index contributed by atoms with van der Waals surface area (Å²) < 4.78 is 5.51. The maximum atomic E-state index is 11.5. The number of halogens is 2. The summed E-state index contributed by atoms with van der Waals surface area (Å²) in [7, 11) is 0. The highest BCUT2D eigenvalue weighted by Crippen LogP contribution is 2.27. The van der Waals surface area contributed by atoms with Crippen LogP contribution in [0.5, 0.6) is 5.75 Å². The Morgan fingerprint density at radius 2 is 1.86 bits per heavy atom. The van der Waals surface area contributed by atoms with Gasteiger partial charge in [0.15, 0.2) is 0 Å². The molecule has 1 aromatic rings. The molecule has 22 heavy (non-hydrogen) atoms. The van der Waals surface area contributed by atoms with Crippen LogP contribution in [-0.4, -0.2) is 31.5 Å². The van der Waals surface area contributed by atoms with E-state index in [1.54, 1.807) is 18.2 Å². The highest BCUT2D eigenvalue weighted by atomic mass is 35.5. The second-order valence-corrected chi connectivity index (χ2v) is 5.56. The molecule has 5 nitrogen and oxygen atoms in total. The summed E-state index contributed by atoms with van der Waals surface area (Å²) in [6, 6.07) is 5.04. The second-order valence-electron chi connectivity index (χ2n) is 4.71. The van der Waals surface area contributed by atoms with Crippen LogP contribution in [0.2, 0.25) is 10.0 Å². The van der Waals surface area contributed by atoms with E-state index in [0.29, 0.717) is 54.8 Å². The van der Waals surface area contributed by atoms with Crippen molar-refractivity contribution in [1.29, 1.82) is 0 Å². The van der Waals surface area contributed by atoms with Crippen molar-refractivity contribution in [1.82, 2.24) is 10.6 Å². The van der Waals surface area contributed by atoms with E-state index < -0.39 is 0 Å². The van der Waals surface area contributed by atoms with Gasteiger partial charge in [-0.3, -0.25) is 9.59 Å². The first kappa shape index (κ1) is 18.6. The lowest BCUT2D eigenvalue weighted by molar-refractivity contribution is -0.122. The van der Waals surface area contributed by atoms with Crippen molar-refractivity contribution in [3.63, 3.8) is 0 Å². The van der Waals surface area contributed by atoms with Gasteiger partial charge >= 0.3 is 0 Å². The van der Waals surface area contributed by atoms with E-state index in [-0.39, 0.29) is 11.8 Å². The fourth-order valence-electron chi connectivity index (χ4n) is 1.68. The van der Waals surface area contributed by atoms with Crippen molar-refractivity contribution < 1.29 is 14.3 Å². The standard InChI is InChI=1S/C15H20Cl2N2O3/c1-11(20)18-7-2-4-15(21)19-8-3-9-22-14-6-5-12(16)10-13(14)17/h5-6,10H,2-4,7-9H2,1H3,(H,18,20)(H,19,21). The van der Waals surface area contributed by atoms with Gasteiger partial charge < -0.3 is 15.4 Å². The summed E-state index contributed by atoms with van der Waals surface area (Å²) in [5, 5.41) is 6.47. The van der Waals surface area contributed by atoms with Gasteiger partial charge in [-0.2, -0.15) is 0 Å². The molecular formula is C15H20Cl2N2O3. The summed E-state index contributed by atoms with van der Waals surface area (Å²) >= 11 is 11.8. The van der Waals surface area contributed by atoms with Crippen molar-refractivity contribution in [3.8, 4) is 5.75 Å². The van der Waals surface area contributed by atoms with Crippen LogP contribution in [-0.2, 0) is 9.59 Å². The van der Waals surface area contributed by atoms with Gasteiger partial charge in [-0.15, -0.1) is 0 Å². The van der Waals surface area contributed by atoms with Gasteiger partial charge in [0, 0.05) is 31.5 Å². The van der Waals surface area contributed by atoms with Crippen LogP contribution < -0.4 is 15.4 Å². The Morgan fingerprint density at radius 1 is 1.14 bits per heavy atom. The van der Waals surface area contributed by atoms with E-state index in [4.69, 9.17) is 27.9 Å². The summed E-state index contributed by atoms with van der Waals surface area (Å²) in [4.78, 5) is 22.2. The molecular weight excluding hydrogens is 327 g/mol. The number of hydrogen-bond donors (Lipinski definition) is 2. The molecule has 1 aromatic carbocycles. The molecule has 0 aliphatic heterocycles. The number of benzene rings is 1. The van der Waals surface area contributed by atoms with Crippen LogP contribution in [0.25, 0.3) is 0 Å². The molecule has 0 atom stereocenters. The zero-order chi connectivity index (χ0) is 16.4. The number of hydrogen-bond acceptors (Lipinski definition) is 3. The van der Waals surface area contributed by atoms with E-state index in [0.717, 1.165) is 0 Å². The first-order valence-corrected chi connectivity index (χ1v) is 7.83. The molecule has 0 aliphatic carbocycles. The molecule has 0 spiro atoms. The molecule has 0 bridgehead atoms. The zero-order valence-corrected chi connectivity index (χ0v) is 14.0. The molecule has 0 heterocycles. The maximum absolute atomic E-state index is 11.5. The normalized spacial score (nSPS) is 10.1. The number of carbonyl (C=O) groups excluding carboxylic acids is 2. The van der Waals surface area contributed by atoms with Crippen molar-refractivity contribution in [2.24, 2.45) is 0 Å². The molecule has 1 rings (SSSR count). The molecule has 0 aliphatic rings. The summed E-state index contributed by atoms with van der Waals surface area (Å²) in [5.41, 5.74) is 0. The highest BCUT2D eigenvalue weighted by Gasteiger charge is 2.03. The minimum atomic E-state index is -0.0848. The van der Waals surface area contributed by atoms with E-state index in [2.05, 4.69) is 10.6 Å². The third-order valence-electron chi connectivity index (χ3n) is 2.75. The molecule has 2 N–H and O–H groups in total. The molecule has 122 valence electrons. The average Bonchev–Trinajstić information content (AvgIpc) is 2.45. The predicted octanol–water partition coefficient (Wildman–Crippen LogP) is 2.79. The van der Waals surface area contributed by atoms with E-state index >= 15 is 0 Å². The topological polar surface area (TPSA) is 67.4 Å². The fraction of sp³-hybridized carbons (Fsp3) is 0.467. The first-order chi connectivity index (χ1) is 10.5. The Morgan fingerprint density at radius 3 is 2.55 bits per heavy atom. The molecule has 0 saturated carbocycles. The first-order valence-electron chi connectivity index (χ1n) is 7.08. The van der Waals surface area contributed by atoms with E-state index in [1.807, 2.05) is 0 Å². The third kappa shape index (κ3) is 8.10. The van der Waals surface area contributed by atoms with Crippen LogP contribution in [0.15, 0.2) is 18.2 Å². The van der Waals surface area contributed by atoms with Gasteiger partial charge in [0.05, 0.1) is 11.6 Å². The second kappa shape index (κ2) is 10.3. The molecule has 0 saturated heterocycles. The van der Waals surface area contributed by atoms with Crippen LogP contribution in [0.4, 0.5) is 0 Å². The Balaban J connectivity index is 2.07. The number of carbonyl (C=O) groups is 2. The van der Waals surface area contributed by atoms with Crippen LogP contribution in [0, 0.1) is 0 Å². The lowest BCUT2D eigenvalue weighted by atomic mass is 10.3. The van der Waals surface area contributed by atoms with E-state index in [9.17, 15) is 9.59 Å². The zero-order valence-electron chi connectivity index (χ0n) is 12.5. The van der Waals surface area contributed by atoms with Crippen molar-refractivity contribution >= 4 is 35.0 Å². The number of amides is 2. The molecule has 0 unspecified atom stereocenters. The molecule has 7 heteroatoms.